The van der Waals surface area contributed by atoms with Crippen molar-refractivity contribution in [1.82, 2.24) is 10.1 Å². The largest absolute Gasteiger partial charge is 0.456 e. The zero-order chi connectivity index (χ0) is 20.9. The van der Waals surface area contributed by atoms with Gasteiger partial charge in [-0.05, 0) is 35.7 Å². The summed E-state index contributed by atoms with van der Waals surface area (Å²) < 4.78 is 47.4. The lowest BCUT2D eigenvalue weighted by molar-refractivity contribution is -0.147. The second-order valence-electron chi connectivity index (χ2n) is 5.81. The number of rotatable bonds is 7. The Bertz CT molecular complexity index is 969. The molecule has 0 spiro atoms. The highest BCUT2D eigenvalue weighted by molar-refractivity contribution is 7.08. The fraction of sp³-hybridized carbons (Fsp3) is 0.222. The first-order valence-corrected chi connectivity index (χ1v) is 9.23. The number of thiophene rings is 1. The molecule has 1 aromatic carbocycles. The van der Waals surface area contributed by atoms with E-state index in [0.717, 1.165) is 29.8 Å². The average molecular weight is 425 g/mol. The number of benzene rings is 1. The van der Waals surface area contributed by atoms with Crippen molar-refractivity contribution in [2.75, 3.05) is 11.9 Å². The van der Waals surface area contributed by atoms with Gasteiger partial charge in [0.25, 0.3) is 5.91 Å². The Hall–Kier alpha value is -3.21. The summed E-state index contributed by atoms with van der Waals surface area (Å²) in [6, 6.07) is 5.75. The third-order valence-electron chi connectivity index (χ3n) is 3.65. The summed E-state index contributed by atoms with van der Waals surface area (Å²) in [6.07, 6.45) is -4.38. The first-order valence-electron chi connectivity index (χ1n) is 8.29. The van der Waals surface area contributed by atoms with E-state index in [1.165, 1.54) is 11.3 Å². The molecule has 1 N–H and O–H groups in total. The highest BCUT2D eigenvalue weighted by Crippen LogP contribution is 2.29. The first kappa shape index (κ1) is 20.5. The molecule has 0 bridgehead atoms. The second-order valence-corrected chi connectivity index (χ2v) is 6.59. The molecule has 0 saturated heterocycles. The second kappa shape index (κ2) is 8.86. The number of carbonyl (C=O) groups excluding carboxylic acids is 2. The van der Waals surface area contributed by atoms with Gasteiger partial charge in [0.1, 0.15) is 0 Å². The molecule has 3 aromatic rings. The van der Waals surface area contributed by atoms with Gasteiger partial charge in [0, 0.05) is 23.1 Å². The number of aryl methyl sites for hydroxylation is 1. The van der Waals surface area contributed by atoms with Crippen LogP contribution in [0.15, 0.2) is 45.6 Å². The predicted molar refractivity (Wildman–Crippen MR) is 97.0 cm³/mol. The molecule has 152 valence electrons. The highest BCUT2D eigenvalue weighted by Gasteiger charge is 2.30. The van der Waals surface area contributed by atoms with E-state index in [-0.39, 0.29) is 24.4 Å². The topological polar surface area (TPSA) is 94.3 Å². The van der Waals surface area contributed by atoms with Crippen LogP contribution in [0.1, 0.15) is 17.9 Å². The molecular formula is C18H14F3N3O4S. The van der Waals surface area contributed by atoms with Crippen molar-refractivity contribution in [2.45, 2.75) is 19.0 Å². The Balaban J connectivity index is 1.40. The monoisotopic (exact) mass is 425 g/mol. The minimum atomic E-state index is -4.46. The van der Waals surface area contributed by atoms with Gasteiger partial charge in [-0.1, -0.05) is 5.16 Å². The van der Waals surface area contributed by atoms with E-state index >= 15 is 0 Å². The number of amides is 1. The van der Waals surface area contributed by atoms with Crippen LogP contribution in [-0.2, 0) is 26.9 Å². The van der Waals surface area contributed by atoms with E-state index in [9.17, 15) is 22.8 Å². The number of alkyl halides is 3. The van der Waals surface area contributed by atoms with E-state index < -0.39 is 30.2 Å². The quantitative estimate of drug-likeness (QED) is 0.577. The molecule has 29 heavy (non-hydrogen) atoms. The van der Waals surface area contributed by atoms with Crippen molar-refractivity contribution in [3.8, 4) is 11.4 Å². The molecule has 0 unspecified atom stereocenters. The molecule has 0 aliphatic heterocycles. The Morgan fingerprint density at radius 3 is 2.59 bits per heavy atom. The number of halogens is 3. The number of hydrogen-bond donors (Lipinski definition) is 1. The highest BCUT2D eigenvalue weighted by atomic mass is 32.1. The molecule has 3 rings (SSSR count). The number of carbonyl (C=O) groups is 2. The van der Waals surface area contributed by atoms with E-state index in [1.807, 2.05) is 16.8 Å². The Labute approximate surface area is 166 Å². The zero-order valence-electron chi connectivity index (χ0n) is 14.7. The lowest BCUT2D eigenvalue weighted by Gasteiger charge is -2.09. The molecular weight excluding hydrogens is 411 g/mol. The van der Waals surface area contributed by atoms with Gasteiger partial charge < -0.3 is 14.6 Å². The number of nitrogens with zero attached hydrogens (tertiary/aromatic N) is 2. The van der Waals surface area contributed by atoms with Crippen LogP contribution in [0, 0.1) is 0 Å². The molecule has 7 nitrogen and oxygen atoms in total. The number of esters is 1. The maximum atomic E-state index is 12.5. The van der Waals surface area contributed by atoms with Crippen molar-refractivity contribution in [3.63, 3.8) is 0 Å². The third-order valence-corrected chi connectivity index (χ3v) is 4.33. The van der Waals surface area contributed by atoms with Crippen molar-refractivity contribution in [2.24, 2.45) is 0 Å². The van der Waals surface area contributed by atoms with Crippen molar-refractivity contribution in [1.29, 1.82) is 0 Å². The van der Waals surface area contributed by atoms with Crippen LogP contribution in [0.5, 0.6) is 0 Å². The van der Waals surface area contributed by atoms with E-state index in [0.29, 0.717) is 5.82 Å². The zero-order valence-corrected chi connectivity index (χ0v) is 15.5. The molecule has 0 aliphatic carbocycles. The van der Waals surface area contributed by atoms with Gasteiger partial charge in [-0.2, -0.15) is 29.5 Å². The number of nitrogens with one attached hydrogen (secondary N) is 1. The molecule has 0 fully saturated rings. The summed E-state index contributed by atoms with van der Waals surface area (Å²) in [7, 11) is 0. The lowest BCUT2D eigenvalue weighted by atomic mass is 10.2. The molecule has 0 radical (unpaired) electrons. The Kier molecular flexibility index (Phi) is 6.27. The predicted octanol–water partition coefficient (Wildman–Crippen LogP) is 3.93. The molecule has 0 saturated carbocycles. The fourth-order valence-corrected chi connectivity index (χ4v) is 2.87. The van der Waals surface area contributed by atoms with Gasteiger partial charge in [0.15, 0.2) is 6.61 Å². The maximum Gasteiger partial charge on any atom is 0.416 e. The van der Waals surface area contributed by atoms with Crippen LogP contribution in [0.25, 0.3) is 11.4 Å². The van der Waals surface area contributed by atoms with Crippen LogP contribution < -0.4 is 5.32 Å². The van der Waals surface area contributed by atoms with Gasteiger partial charge >= 0.3 is 12.1 Å². The number of anilines is 1. The number of aromatic nitrogens is 2. The van der Waals surface area contributed by atoms with Crippen molar-refractivity contribution in [3.05, 3.63) is 52.5 Å². The van der Waals surface area contributed by atoms with Crippen LogP contribution in [0.2, 0.25) is 0 Å². The molecule has 11 heteroatoms. The summed E-state index contributed by atoms with van der Waals surface area (Å²) in [4.78, 5) is 27.7. The van der Waals surface area contributed by atoms with Crippen LogP contribution in [-0.4, -0.2) is 28.6 Å². The van der Waals surface area contributed by atoms with Crippen LogP contribution in [0.3, 0.4) is 0 Å². The van der Waals surface area contributed by atoms with Crippen molar-refractivity contribution < 1.29 is 32.0 Å². The molecule has 0 atom stereocenters. The third kappa shape index (κ3) is 5.88. The lowest BCUT2D eigenvalue weighted by Crippen LogP contribution is -2.21. The summed E-state index contributed by atoms with van der Waals surface area (Å²) in [5, 5.41) is 9.89. The number of ether oxygens (including phenoxy) is 1. The number of hydrogen-bond acceptors (Lipinski definition) is 7. The smallest absolute Gasteiger partial charge is 0.416 e. The summed E-state index contributed by atoms with van der Waals surface area (Å²) in [6.45, 7) is -0.566. The Morgan fingerprint density at radius 1 is 1.17 bits per heavy atom. The van der Waals surface area contributed by atoms with Gasteiger partial charge in [-0.15, -0.1) is 0 Å². The van der Waals surface area contributed by atoms with E-state index in [4.69, 9.17) is 9.26 Å². The minimum absolute atomic E-state index is 0.0706. The van der Waals surface area contributed by atoms with Crippen molar-refractivity contribution >= 4 is 28.9 Å². The summed E-state index contributed by atoms with van der Waals surface area (Å²) in [5.41, 5.74) is 0.142. The standard InChI is InChI=1S/C18H14F3N3O4S/c19-18(20,21)12-1-3-13(4-2-12)22-14(25)9-27-16(26)6-5-15-23-17(24-28-15)11-7-8-29-10-11/h1-4,7-8,10H,5-6,9H2,(H,22,25). The van der Waals surface area contributed by atoms with Gasteiger partial charge in [0.05, 0.1) is 12.0 Å². The minimum Gasteiger partial charge on any atom is -0.456 e. The fourth-order valence-electron chi connectivity index (χ4n) is 2.23. The Morgan fingerprint density at radius 2 is 1.93 bits per heavy atom. The summed E-state index contributed by atoms with van der Waals surface area (Å²) >= 11 is 1.49. The first-order chi connectivity index (χ1) is 13.8. The molecule has 0 aliphatic rings. The summed E-state index contributed by atoms with van der Waals surface area (Å²) in [5.74, 6) is -0.638. The average Bonchev–Trinajstić information content (AvgIpc) is 3.36. The van der Waals surface area contributed by atoms with Gasteiger partial charge in [0.2, 0.25) is 11.7 Å². The van der Waals surface area contributed by atoms with Gasteiger partial charge in [-0.3, -0.25) is 9.59 Å². The normalized spacial score (nSPS) is 11.3. The van der Waals surface area contributed by atoms with Crippen LogP contribution >= 0.6 is 11.3 Å². The maximum absolute atomic E-state index is 12.5. The van der Waals surface area contributed by atoms with E-state index in [1.54, 1.807) is 0 Å². The van der Waals surface area contributed by atoms with E-state index in [2.05, 4.69) is 15.5 Å². The van der Waals surface area contributed by atoms with Crippen LogP contribution in [0.4, 0.5) is 18.9 Å². The molecule has 1 amide bonds. The molecule has 2 heterocycles. The van der Waals surface area contributed by atoms with Gasteiger partial charge in [-0.25, -0.2) is 0 Å². The SMILES string of the molecule is O=C(COC(=O)CCc1nc(-c2ccsc2)no1)Nc1ccc(C(F)(F)F)cc1. The molecule has 2 aromatic heterocycles.